The topological polar surface area (TPSA) is 149 Å². The van der Waals surface area contributed by atoms with Crippen molar-refractivity contribution in [3.05, 3.63) is 56.4 Å². The van der Waals surface area contributed by atoms with Crippen molar-refractivity contribution in [3.8, 4) is 5.88 Å². The number of fused-ring (bicyclic) bond motifs is 1. The average Bonchev–Trinajstić information content (AvgIpc) is 3.20. The van der Waals surface area contributed by atoms with E-state index in [4.69, 9.17) is 4.42 Å². The zero-order valence-corrected chi connectivity index (χ0v) is 16.4. The molecule has 1 saturated carbocycles. The van der Waals surface area contributed by atoms with Crippen LogP contribution in [0.5, 0.6) is 5.88 Å². The molecule has 4 aromatic rings. The number of aryl methyl sites for hydroxylation is 2. The van der Waals surface area contributed by atoms with Gasteiger partial charge >= 0.3 is 5.69 Å². The van der Waals surface area contributed by atoms with E-state index in [-0.39, 0.29) is 17.6 Å². The summed E-state index contributed by atoms with van der Waals surface area (Å²) in [5.41, 5.74) is 1.73. The first-order valence-corrected chi connectivity index (χ1v) is 9.58. The maximum atomic E-state index is 11.4. The van der Waals surface area contributed by atoms with Gasteiger partial charge in [0.2, 0.25) is 11.8 Å². The van der Waals surface area contributed by atoms with Gasteiger partial charge in [0, 0.05) is 17.3 Å². The van der Waals surface area contributed by atoms with Crippen LogP contribution in [0.3, 0.4) is 0 Å². The lowest BCUT2D eigenvalue weighted by Gasteiger charge is -2.04. The first kappa shape index (κ1) is 18.2. The molecule has 30 heavy (non-hydrogen) atoms. The number of aromatic hydroxyl groups is 1. The van der Waals surface area contributed by atoms with Gasteiger partial charge in [0.25, 0.3) is 5.62 Å². The number of hydrogen-bond donors (Lipinski definition) is 4. The van der Waals surface area contributed by atoms with Crippen molar-refractivity contribution in [1.29, 1.82) is 0 Å². The molecule has 0 spiro atoms. The molecule has 11 nitrogen and oxygen atoms in total. The minimum absolute atomic E-state index is 0.244. The van der Waals surface area contributed by atoms with Crippen molar-refractivity contribution in [3.63, 3.8) is 0 Å². The first-order valence-electron chi connectivity index (χ1n) is 9.58. The van der Waals surface area contributed by atoms with E-state index in [9.17, 15) is 9.90 Å². The third-order valence-corrected chi connectivity index (χ3v) is 4.84. The van der Waals surface area contributed by atoms with Gasteiger partial charge in [-0.25, -0.2) is 9.79 Å². The van der Waals surface area contributed by atoms with E-state index in [1.807, 2.05) is 19.9 Å². The Balaban J connectivity index is 1.60. The van der Waals surface area contributed by atoms with Gasteiger partial charge in [-0.15, -0.1) is 0 Å². The zero-order chi connectivity index (χ0) is 20.8. The Bertz CT molecular complexity index is 1420. The summed E-state index contributed by atoms with van der Waals surface area (Å²) in [7, 11) is 0. The summed E-state index contributed by atoms with van der Waals surface area (Å²) in [5.74, 6) is 1.84. The Hall–Kier alpha value is -3.89. The molecule has 1 aliphatic carbocycles. The molecule has 5 rings (SSSR count). The highest BCUT2D eigenvalue weighted by Gasteiger charge is 2.21. The van der Waals surface area contributed by atoms with E-state index in [1.54, 1.807) is 16.8 Å². The third kappa shape index (κ3) is 3.45. The summed E-state index contributed by atoms with van der Waals surface area (Å²) in [4.78, 5) is 30.0. The SMILES string of the molecule is Cc1cc(CNc2nc(=NC3CC3)n3ncc(=Cc4[nH]c(=O)[nH]c4O)c3n2)c(C)o1. The monoisotopic (exact) mass is 408 g/mol. The number of imidazole rings is 1. The molecule has 4 aromatic heterocycles. The molecule has 0 saturated heterocycles. The Morgan fingerprint density at radius 2 is 2.20 bits per heavy atom. The van der Waals surface area contributed by atoms with Crippen LogP contribution in [0.15, 0.2) is 26.5 Å². The molecule has 4 N–H and O–H groups in total. The highest BCUT2D eigenvalue weighted by molar-refractivity contribution is 5.57. The lowest BCUT2D eigenvalue weighted by atomic mass is 10.2. The predicted molar refractivity (Wildman–Crippen MR) is 107 cm³/mol. The van der Waals surface area contributed by atoms with Gasteiger partial charge in [0.15, 0.2) is 5.65 Å². The normalized spacial score (nSPS) is 15.4. The molecule has 0 unspecified atom stereocenters. The van der Waals surface area contributed by atoms with Crippen LogP contribution in [0.25, 0.3) is 11.7 Å². The maximum absolute atomic E-state index is 11.4. The highest BCUT2D eigenvalue weighted by Crippen LogP contribution is 2.22. The van der Waals surface area contributed by atoms with Crippen LogP contribution in [0.2, 0.25) is 0 Å². The van der Waals surface area contributed by atoms with Gasteiger partial charge in [-0.2, -0.15) is 19.6 Å². The molecule has 1 aliphatic rings. The smallest absolute Gasteiger partial charge is 0.326 e. The van der Waals surface area contributed by atoms with Gasteiger partial charge in [0.1, 0.15) is 17.2 Å². The second kappa shape index (κ2) is 6.87. The van der Waals surface area contributed by atoms with Crippen molar-refractivity contribution < 1.29 is 9.52 Å². The van der Waals surface area contributed by atoms with Crippen LogP contribution < -0.4 is 21.8 Å². The fourth-order valence-corrected chi connectivity index (χ4v) is 3.19. The van der Waals surface area contributed by atoms with Crippen molar-refractivity contribution in [2.24, 2.45) is 4.99 Å². The average molecular weight is 408 g/mol. The summed E-state index contributed by atoms with van der Waals surface area (Å²) in [6, 6.07) is 2.22. The van der Waals surface area contributed by atoms with Gasteiger partial charge in [-0.05, 0) is 38.8 Å². The molecular weight excluding hydrogens is 388 g/mol. The molecule has 11 heteroatoms. The van der Waals surface area contributed by atoms with Gasteiger partial charge < -0.3 is 19.8 Å². The molecule has 0 bridgehead atoms. The van der Waals surface area contributed by atoms with Gasteiger partial charge in [0.05, 0.1) is 12.2 Å². The Morgan fingerprint density at radius 3 is 2.87 bits per heavy atom. The van der Waals surface area contributed by atoms with Crippen molar-refractivity contribution in [1.82, 2.24) is 29.5 Å². The zero-order valence-electron chi connectivity index (χ0n) is 16.4. The molecule has 0 aromatic carbocycles. The van der Waals surface area contributed by atoms with Crippen LogP contribution in [0.1, 0.15) is 35.6 Å². The van der Waals surface area contributed by atoms with Crippen LogP contribution in [0.4, 0.5) is 5.95 Å². The number of nitrogens with one attached hydrogen (secondary N) is 3. The van der Waals surface area contributed by atoms with Crippen LogP contribution in [-0.4, -0.2) is 40.7 Å². The minimum atomic E-state index is -0.498. The number of rotatable bonds is 5. The van der Waals surface area contributed by atoms with E-state index in [1.165, 1.54) is 0 Å². The summed E-state index contributed by atoms with van der Waals surface area (Å²) in [6.45, 7) is 4.32. The molecule has 0 amide bonds. The lowest BCUT2D eigenvalue weighted by Crippen LogP contribution is -2.24. The molecule has 0 radical (unpaired) electrons. The van der Waals surface area contributed by atoms with E-state index in [0.29, 0.717) is 29.0 Å². The summed E-state index contributed by atoms with van der Waals surface area (Å²) < 4.78 is 7.13. The fraction of sp³-hybridized carbons (Fsp3) is 0.316. The second-order valence-corrected chi connectivity index (χ2v) is 7.32. The first-order chi connectivity index (χ1) is 14.5. The summed E-state index contributed by atoms with van der Waals surface area (Å²) in [5, 5.41) is 18.0. The largest absolute Gasteiger partial charge is 0.493 e. The number of hydrogen-bond acceptors (Lipinski definition) is 8. The maximum Gasteiger partial charge on any atom is 0.326 e. The number of anilines is 1. The lowest BCUT2D eigenvalue weighted by molar-refractivity contribution is 0.454. The van der Waals surface area contributed by atoms with Gasteiger partial charge in [-0.3, -0.25) is 4.98 Å². The Kier molecular flexibility index (Phi) is 4.16. The number of aromatic amines is 2. The molecule has 0 aliphatic heterocycles. The summed E-state index contributed by atoms with van der Waals surface area (Å²) >= 11 is 0. The number of H-pyrrole nitrogens is 2. The second-order valence-electron chi connectivity index (χ2n) is 7.32. The van der Waals surface area contributed by atoms with Crippen molar-refractivity contribution >= 4 is 17.7 Å². The Labute approximate surface area is 169 Å². The number of furan rings is 1. The van der Waals surface area contributed by atoms with E-state index in [2.05, 4.69) is 35.3 Å². The highest BCUT2D eigenvalue weighted by atomic mass is 16.3. The van der Waals surface area contributed by atoms with E-state index < -0.39 is 5.69 Å². The molecule has 154 valence electrons. The number of nitrogens with zero attached hydrogens (tertiary/aromatic N) is 5. The minimum Gasteiger partial charge on any atom is -0.493 e. The molecule has 4 heterocycles. The summed E-state index contributed by atoms with van der Waals surface area (Å²) in [6.07, 6.45) is 5.24. The van der Waals surface area contributed by atoms with E-state index in [0.717, 1.165) is 29.9 Å². The molecule has 1 fully saturated rings. The van der Waals surface area contributed by atoms with Crippen LogP contribution in [0, 0.1) is 13.8 Å². The van der Waals surface area contributed by atoms with E-state index >= 15 is 0 Å². The van der Waals surface area contributed by atoms with Crippen LogP contribution >= 0.6 is 0 Å². The predicted octanol–water partition coefficient (Wildman–Crippen LogP) is 0.279. The standard InChI is InChI=1S/C19H20N8O3/c1-9-5-11(10(2)30-9)7-20-17-24-15-12(6-14-16(28)25-19(29)23-14)8-21-27(15)18(26-17)22-13-3-4-13/h5-6,8,13,28H,3-4,7H2,1-2H3,(H,20,22,26)(H2,23,25,29). The molecule has 0 atom stereocenters. The molecular formula is C19H20N8O3. The Morgan fingerprint density at radius 1 is 1.37 bits per heavy atom. The third-order valence-electron chi connectivity index (χ3n) is 4.84. The van der Waals surface area contributed by atoms with Gasteiger partial charge in [-0.1, -0.05) is 0 Å². The quantitative estimate of drug-likeness (QED) is 0.370. The fourth-order valence-electron chi connectivity index (χ4n) is 3.19. The van der Waals surface area contributed by atoms with Crippen LogP contribution in [-0.2, 0) is 6.54 Å². The number of aromatic nitrogens is 6. The van der Waals surface area contributed by atoms with Crippen molar-refractivity contribution in [2.75, 3.05) is 5.32 Å². The van der Waals surface area contributed by atoms with Crippen molar-refractivity contribution in [2.45, 2.75) is 39.3 Å².